The molecule has 0 saturated carbocycles. The lowest BCUT2D eigenvalue weighted by molar-refractivity contribution is -0.117. The second-order valence-electron chi connectivity index (χ2n) is 9.94. The predicted molar refractivity (Wildman–Crippen MR) is 177 cm³/mol. The van der Waals surface area contributed by atoms with Crippen LogP contribution in [0, 0.1) is 0 Å². The Morgan fingerprint density at radius 3 is 2.29 bits per heavy atom. The topological polar surface area (TPSA) is 135 Å². The highest BCUT2D eigenvalue weighted by atomic mass is 35.5. The van der Waals surface area contributed by atoms with Crippen LogP contribution in [0.3, 0.4) is 0 Å². The number of methoxy groups -OCH3 is 1. The van der Waals surface area contributed by atoms with Gasteiger partial charge in [0, 0.05) is 18.4 Å². The molecule has 0 spiro atoms. The summed E-state index contributed by atoms with van der Waals surface area (Å²) in [5.74, 6) is 5.79. The lowest BCUT2D eigenvalue weighted by Crippen LogP contribution is -2.33. The molecule has 3 aromatic rings. The number of nitrogens with two attached hydrogens (primary N) is 2. The molecule has 2 amide bonds. The third-order valence-corrected chi connectivity index (χ3v) is 6.69. The smallest absolute Gasteiger partial charge is 0.268 e. The van der Waals surface area contributed by atoms with E-state index < -0.39 is 11.8 Å². The number of rotatable bonds is 10. The molecule has 0 aromatic heterocycles. The van der Waals surface area contributed by atoms with E-state index in [0.29, 0.717) is 18.0 Å². The Hall–Kier alpha value is -3.86. The molecule has 3 aromatic carbocycles. The standard InChI is InChI=1S/C29H35ClN6O3S.C2H6/c1-29(2,3)20-14-23(26(39-4)24(15-20)35-40-5)34-27(37)19-11-12-21(30)25(13-19)36(32)17-22(31)28(38)33-16-18-9-7-6-8-10-18;1-2/h6-15,17,35H,16,31-32H2,1-5H3,(H,33,38)(H,34,37);1-2H3/b22-17-;. The van der Waals surface area contributed by atoms with E-state index in [9.17, 15) is 9.59 Å². The number of carbonyl (C=O) groups is 2. The molecule has 0 fully saturated rings. The number of hydrazine groups is 1. The molecule has 0 heterocycles. The summed E-state index contributed by atoms with van der Waals surface area (Å²) < 4.78 is 8.85. The molecule has 42 heavy (non-hydrogen) atoms. The molecule has 0 aliphatic heterocycles. The van der Waals surface area contributed by atoms with Crippen LogP contribution < -0.4 is 36.7 Å². The largest absolute Gasteiger partial charge is 0.492 e. The first kappa shape index (κ1) is 34.3. The highest BCUT2D eigenvalue weighted by Crippen LogP contribution is 2.40. The number of amides is 2. The molecule has 11 heteroatoms. The van der Waals surface area contributed by atoms with E-state index in [-0.39, 0.29) is 27.4 Å². The second kappa shape index (κ2) is 16.0. The molecule has 0 unspecified atom stereocenters. The zero-order chi connectivity index (χ0) is 31.4. The van der Waals surface area contributed by atoms with Crippen LogP contribution in [0.2, 0.25) is 5.02 Å². The number of halogens is 1. The average Bonchev–Trinajstić information content (AvgIpc) is 2.97. The van der Waals surface area contributed by atoms with Gasteiger partial charge in [-0.15, -0.1) is 0 Å². The summed E-state index contributed by atoms with van der Waals surface area (Å²) in [5.41, 5.74) is 9.44. The Morgan fingerprint density at radius 1 is 1.05 bits per heavy atom. The minimum absolute atomic E-state index is 0.123. The van der Waals surface area contributed by atoms with Gasteiger partial charge in [0.2, 0.25) is 0 Å². The predicted octanol–water partition coefficient (Wildman–Crippen LogP) is 6.41. The van der Waals surface area contributed by atoms with Gasteiger partial charge >= 0.3 is 0 Å². The first-order chi connectivity index (χ1) is 19.9. The lowest BCUT2D eigenvalue weighted by atomic mass is 9.86. The van der Waals surface area contributed by atoms with E-state index in [4.69, 9.17) is 27.9 Å². The van der Waals surface area contributed by atoms with Gasteiger partial charge in [-0.2, -0.15) is 0 Å². The molecule has 0 aliphatic rings. The van der Waals surface area contributed by atoms with E-state index in [0.717, 1.165) is 21.8 Å². The SMILES string of the molecule is CC.COc1c(NSC)cc(C(C)(C)C)cc1NC(=O)c1ccc(Cl)c(N(N)/C=C(\N)C(=O)NCc2ccccc2)c1. The number of ether oxygens (including phenoxy) is 1. The highest BCUT2D eigenvalue weighted by molar-refractivity contribution is 7.99. The van der Waals surface area contributed by atoms with Gasteiger partial charge in [0.25, 0.3) is 11.8 Å². The second-order valence-corrected chi connectivity index (χ2v) is 11.0. The van der Waals surface area contributed by atoms with Crippen LogP contribution in [0.25, 0.3) is 0 Å². The number of anilines is 3. The van der Waals surface area contributed by atoms with Gasteiger partial charge in [-0.25, -0.2) is 5.84 Å². The summed E-state index contributed by atoms with van der Waals surface area (Å²) in [7, 11) is 1.55. The fourth-order valence-corrected chi connectivity index (χ4v) is 4.35. The van der Waals surface area contributed by atoms with Gasteiger partial charge in [0.1, 0.15) is 5.70 Å². The first-order valence-electron chi connectivity index (χ1n) is 13.4. The first-order valence-corrected chi connectivity index (χ1v) is 15.0. The van der Waals surface area contributed by atoms with Crippen molar-refractivity contribution in [3.8, 4) is 5.75 Å². The normalized spacial score (nSPS) is 11.1. The van der Waals surface area contributed by atoms with E-state index in [1.54, 1.807) is 19.2 Å². The summed E-state index contributed by atoms with van der Waals surface area (Å²) in [6.07, 6.45) is 3.16. The van der Waals surface area contributed by atoms with Crippen LogP contribution in [0.5, 0.6) is 5.75 Å². The van der Waals surface area contributed by atoms with Crippen LogP contribution in [0.4, 0.5) is 17.1 Å². The van der Waals surface area contributed by atoms with E-state index >= 15 is 0 Å². The fourth-order valence-electron chi connectivity index (χ4n) is 3.76. The maximum Gasteiger partial charge on any atom is 0.268 e. The van der Waals surface area contributed by atoms with Crippen molar-refractivity contribution in [2.45, 2.75) is 46.6 Å². The minimum Gasteiger partial charge on any atom is -0.492 e. The van der Waals surface area contributed by atoms with Gasteiger partial charge in [-0.3, -0.25) is 14.6 Å². The zero-order valence-electron chi connectivity index (χ0n) is 25.2. The molecule has 7 N–H and O–H groups in total. The molecule has 9 nitrogen and oxygen atoms in total. The Kier molecular flexibility index (Phi) is 13.0. The summed E-state index contributed by atoms with van der Waals surface area (Å²) in [4.78, 5) is 25.8. The van der Waals surface area contributed by atoms with E-state index in [1.807, 2.05) is 62.6 Å². The van der Waals surface area contributed by atoms with Crippen LogP contribution in [0.1, 0.15) is 56.1 Å². The maximum atomic E-state index is 13.3. The molecule has 226 valence electrons. The van der Waals surface area contributed by atoms with Crippen LogP contribution in [-0.2, 0) is 16.8 Å². The number of hydrogen-bond acceptors (Lipinski definition) is 8. The Balaban J connectivity index is 0.00000301. The third-order valence-electron chi connectivity index (χ3n) is 5.94. The quantitative estimate of drug-likeness (QED) is 0.0767. The number of hydrogen-bond donors (Lipinski definition) is 5. The van der Waals surface area contributed by atoms with Gasteiger partial charge in [0.15, 0.2) is 5.75 Å². The van der Waals surface area contributed by atoms with Crippen molar-refractivity contribution in [3.63, 3.8) is 0 Å². The number of nitrogens with one attached hydrogen (secondary N) is 3. The van der Waals surface area contributed by atoms with Crippen molar-refractivity contribution in [2.75, 3.05) is 28.4 Å². The summed E-state index contributed by atoms with van der Waals surface area (Å²) >= 11 is 7.80. The van der Waals surface area contributed by atoms with E-state index in [1.165, 1.54) is 24.2 Å². The van der Waals surface area contributed by atoms with Crippen LogP contribution in [0.15, 0.2) is 72.6 Å². The molecule has 0 bridgehead atoms. The Labute approximate surface area is 258 Å². The maximum absolute atomic E-state index is 13.3. The van der Waals surface area contributed by atoms with Gasteiger partial charge < -0.3 is 25.8 Å². The lowest BCUT2D eigenvalue weighted by Gasteiger charge is -2.24. The minimum atomic E-state index is -0.496. The average molecular weight is 613 g/mol. The number of nitrogens with zero attached hydrogens (tertiary/aromatic N) is 1. The fraction of sp³-hybridized carbons (Fsp3) is 0.290. The van der Waals surface area contributed by atoms with Crippen molar-refractivity contribution < 1.29 is 14.3 Å². The highest BCUT2D eigenvalue weighted by Gasteiger charge is 2.22. The molecule has 0 atom stereocenters. The number of benzene rings is 3. The molecule has 0 aliphatic carbocycles. The Bertz CT molecular complexity index is 1390. The monoisotopic (exact) mass is 612 g/mol. The van der Waals surface area contributed by atoms with E-state index in [2.05, 4.69) is 36.1 Å². The van der Waals surface area contributed by atoms with Crippen molar-refractivity contribution >= 4 is 52.4 Å². The number of carbonyl (C=O) groups excluding carboxylic acids is 2. The van der Waals surface area contributed by atoms with Crippen molar-refractivity contribution in [2.24, 2.45) is 11.6 Å². The van der Waals surface area contributed by atoms with Crippen LogP contribution >= 0.6 is 23.5 Å². The van der Waals surface area contributed by atoms with Crippen LogP contribution in [-0.4, -0.2) is 25.2 Å². The van der Waals surface area contributed by atoms with Crippen molar-refractivity contribution in [3.05, 3.63) is 94.3 Å². The van der Waals surface area contributed by atoms with Gasteiger partial charge in [-0.05, 0) is 46.9 Å². The molecular weight excluding hydrogens is 572 g/mol. The third kappa shape index (κ3) is 9.34. The molecular formula is C31H41ClN6O3S. The molecule has 0 saturated heterocycles. The van der Waals surface area contributed by atoms with Crippen molar-refractivity contribution in [1.82, 2.24) is 5.32 Å². The van der Waals surface area contributed by atoms with Gasteiger partial charge in [0.05, 0.1) is 35.4 Å². The summed E-state index contributed by atoms with van der Waals surface area (Å²) in [5, 5.41) is 7.06. The molecule has 3 rings (SSSR count). The Morgan fingerprint density at radius 2 is 1.69 bits per heavy atom. The summed E-state index contributed by atoms with van der Waals surface area (Å²) in [6.45, 7) is 10.6. The summed E-state index contributed by atoms with van der Waals surface area (Å²) in [6, 6.07) is 18.0. The van der Waals surface area contributed by atoms with Crippen molar-refractivity contribution in [1.29, 1.82) is 0 Å². The molecule has 0 radical (unpaired) electrons. The zero-order valence-corrected chi connectivity index (χ0v) is 26.7. The van der Waals surface area contributed by atoms with Gasteiger partial charge in [-0.1, -0.05) is 88.5 Å².